The van der Waals surface area contributed by atoms with Crippen LogP contribution in [0.5, 0.6) is 0 Å². The minimum Gasteiger partial charge on any atom is -0.463 e. The van der Waals surface area contributed by atoms with Gasteiger partial charge in [-0.3, -0.25) is 10.1 Å². The first-order chi connectivity index (χ1) is 15.7. The van der Waals surface area contributed by atoms with E-state index in [1.807, 2.05) is 13.8 Å². The summed E-state index contributed by atoms with van der Waals surface area (Å²) in [7, 11) is 0. The predicted molar refractivity (Wildman–Crippen MR) is 117 cm³/mol. The molecule has 11 heteroatoms. The number of ether oxygens (including phenoxy) is 3. The van der Waals surface area contributed by atoms with Crippen LogP contribution >= 0.6 is 0 Å². The van der Waals surface area contributed by atoms with Crippen molar-refractivity contribution < 1.29 is 44.2 Å². The summed E-state index contributed by atoms with van der Waals surface area (Å²) in [6.07, 6.45) is -4.40. The summed E-state index contributed by atoms with van der Waals surface area (Å²) in [5.74, 6) is -0.829. The number of aliphatic hydroxyl groups excluding tert-OH is 4. The zero-order valence-electron chi connectivity index (χ0n) is 19.6. The molecule has 0 spiro atoms. The molecule has 1 amide bonds. The van der Waals surface area contributed by atoms with Crippen LogP contribution < -0.4 is 10.6 Å². The molecule has 1 aliphatic carbocycles. The lowest BCUT2D eigenvalue weighted by molar-refractivity contribution is -0.239. The quantitative estimate of drug-likeness (QED) is 0.210. The Morgan fingerprint density at radius 1 is 1.15 bits per heavy atom. The zero-order chi connectivity index (χ0) is 24.7. The van der Waals surface area contributed by atoms with E-state index in [4.69, 9.17) is 14.2 Å². The van der Waals surface area contributed by atoms with Crippen molar-refractivity contribution in [2.24, 2.45) is 0 Å². The second kappa shape index (κ2) is 12.7. The molecule has 33 heavy (non-hydrogen) atoms. The summed E-state index contributed by atoms with van der Waals surface area (Å²) in [6, 6.07) is -1.28. The smallest absolute Gasteiger partial charge is 0.333 e. The topological polar surface area (TPSA) is 167 Å². The van der Waals surface area contributed by atoms with Crippen LogP contribution in [-0.2, 0) is 23.8 Å². The molecule has 1 fully saturated rings. The lowest BCUT2D eigenvalue weighted by atomic mass is 9.86. The van der Waals surface area contributed by atoms with Gasteiger partial charge in [0, 0.05) is 18.5 Å². The van der Waals surface area contributed by atoms with Crippen molar-refractivity contribution in [1.29, 1.82) is 0 Å². The van der Waals surface area contributed by atoms with Crippen molar-refractivity contribution in [1.82, 2.24) is 10.6 Å². The van der Waals surface area contributed by atoms with Crippen LogP contribution in [-0.4, -0.2) is 100 Å². The van der Waals surface area contributed by atoms with Gasteiger partial charge in [-0.05, 0) is 32.3 Å². The Labute approximate surface area is 194 Å². The minimum absolute atomic E-state index is 0.114. The van der Waals surface area contributed by atoms with Crippen LogP contribution in [0.1, 0.15) is 47.0 Å². The van der Waals surface area contributed by atoms with Gasteiger partial charge in [0.1, 0.15) is 30.6 Å². The van der Waals surface area contributed by atoms with Gasteiger partial charge in [0.2, 0.25) is 5.91 Å². The molecule has 1 heterocycles. The van der Waals surface area contributed by atoms with Crippen molar-refractivity contribution in [3.8, 4) is 0 Å². The average molecular weight is 475 g/mol. The van der Waals surface area contributed by atoms with E-state index in [9.17, 15) is 30.0 Å². The molecular weight excluding hydrogens is 436 g/mol. The van der Waals surface area contributed by atoms with E-state index in [-0.39, 0.29) is 25.0 Å². The molecule has 0 unspecified atom stereocenters. The summed E-state index contributed by atoms with van der Waals surface area (Å²) >= 11 is 0. The molecule has 0 aromatic carbocycles. The van der Waals surface area contributed by atoms with E-state index >= 15 is 0 Å². The molecular formula is C22H38N2O9. The average Bonchev–Trinajstić information content (AvgIpc) is 2.79. The predicted octanol–water partition coefficient (Wildman–Crippen LogP) is -1.28. The van der Waals surface area contributed by atoms with Gasteiger partial charge in [0.25, 0.3) is 0 Å². The van der Waals surface area contributed by atoms with Crippen LogP contribution in [0.25, 0.3) is 0 Å². The molecule has 0 aromatic heterocycles. The number of rotatable bonds is 10. The third-order valence-corrected chi connectivity index (χ3v) is 6.03. The van der Waals surface area contributed by atoms with E-state index in [1.54, 1.807) is 13.0 Å². The second-order valence-corrected chi connectivity index (χ2v) is 8.40. The van der Waals surface area contributed by atoms with Crippen molar-refractivity contribution in [3.05, 3.63) is 11.6 Å². The van der Waals surface area contributed by atoms with Gasteiger partial charge in [-0.15, -0.1) is 0 Å². The standard InChI is InChI=1S/C22H38N2O9/c1-5-13(6-2)32-15-9-12(22(30)31-7-3)8-14(17(15)23-11(4)26)24-21-20(29)19(28)18(27)16(10-25)33-21/h9,13-21,24-25,27-29H,5-8,10H2,1-4H3,(H,23,26)/t14-,15+,16-,17+,18-,19-,20-,21-/m0/s1. The third kappa shape index (κ3) is 6.95. The number of aliphatic hydroxyl groups is 4. The lowest BCUT2D eigenvalue weighted by Crippen LogP contribution is -2.67. The van der Waals surface area contributed by atoms with Gasteiger partial charge >= 0.3 is 5.97 Å². The van der Waals surface area contributed by atoms with Crippen LogP contribution in [0.4, 0.5) is 0 Å². The zero-order valence-corrected chi connectivity index (χ0v) is 19.6. The number of amides is 1. The number of carbonyl (C=O) groups excluding carboxylic acids is 2. The molecule has 2 aliphatic rings. The van der Waals surface area contributed by atoms with Gasteiger partial charge in [0.15, 0.2) is 0 Å². The Morgan fingerprint density at radius 3 is 2.36 bits per heavy atom. The Balaban J connectivity index is 2.36. The van der Waals surface area contributed by atoms with Crippen molar-refractivity contribution in [3.63, 3.8) is 0 Å². The SMILES string of the molecule is CCOC(=O)C1=C[C@@H](OC(CC)CC)[C@H](NC(C)=O)[C@@H](N[C@H]2O[C@@H](CO)[C@H](O)[C@H](O)[C@@H]2O)C1. The van der Waals surface area contributed by atoms with Crippen LogP contribution in [0, 0.1) is 0 Å². The normalized spacial score (nSPS) is 34.6. The molecule has 6 N–H and O–H groups in total. The van der Waals surface area contributed by atoms with Gasteiger partial charge in [-0.1, -0.05) is 13.8 Å². The number of hydrogen-bond acceptors (Lipinski definition) is 10. The highest BCUT2D eigenvalue weighted by atomic mass is 16.6. The molecule has 1 aliphatic heterocycles. The third-order valence-electron chi connectivity index (χ3n) is 6.03. The van der Waals surface area contributed by atoms with E-state index < -0.39 is 61.4 Å². The van der Waals surface area contributed by atoms with E-state index in [0.717, 1.165) is 12.8 Å². The maximum atomic E-state index is 12.5. The number of esters is 1. The summed E-state index contributed by atoms with van der Waals surface area (Å²) < 4.78 is 17.0. The fraction of sp³-hybridized carbons (Fsp3) is 0.818. The number of carbonyl (C=O) groups is 2. The van der Waals surface area contributed by atoms with E-state index in [2.05, 4.69) is 10.6 Å². The van der Waals surface area contributed by atoms with Crippen LogP contribution in [0.2, 0.25) is 0 Å². The van der Waals surface area contributed by atoms with Crippen LogP contribution in [0.3, 0.4) is 0 Å². The first-order valence-corrected chi connectivity index (χ1v) is 11.5. The molecule has 1 saturated heterocycles. The number of hydrogen-bond donors (Lipinski definition) is 6. The summed E-state index contributed by atoms with van der Waals surface area (Å²) in [4.78, 5) is 24.5. The Hall–Kier alpha value is -1.60. The van der Waals surface area contributed by atoms with Crippen molar-refractivity contribution >= 4 is 11.9 Å². The Morgan fingerprint density at radius 2 is 1.82 bits per heavy atom. The molecule has 0 saturated carbocycles. The fourth-order valence-corrected chi connectivity index (χ4v) is 4.20. The Bertz CT molecular complexity index is 683. The maximum absolute atomic E-state index is 12.5. The molecule has 8 atom stereocenters. The summed E-state index contributed by atoms with van der Waals surface area (Å²) in [5.41, 5.74) is 0.344. The molecule has 190 valence electrons. The maximum Gasteiger partial charge on any atom is 0.333 e. The van der Waals surface area contributed by atoms with E-state index in [0.29, 0.717) is 5.57 Å². The highest BCUT2D eigenvalue weighted by Crippen LogP contribution is 2.27. The molecule has 11 nitrogen and oxygen atoms in total. The van der Waals surface area contributed by atoms with E-state index in [1.165, 1.54) is 6.92 Å². The Kier molecular flexibility index (Phi) is 10.7. The monoisotopic (exact) mass is 474 g/mol. The molecule has 0 radical (unpaired) electrons. The number of nitrogens with one attached hydrogen (secondary N) is 2. The highest BCUT2D eigenvalue weighted by Gasteiger charge is 2.46. The van der Waals surface area contributed by atoms with Crippen molar-refractivity contribution in [2.45, 2.75) is 102 Å². The summed E-state index contributed by atoms with van der Waals surface area (Å²) in [6.45, 7) is 6.63. The molecule has 0 bridgehead atoms. The second-order valence-electron chi connectivity index (χ2n) is 8.40. The highest BCUT2D eigenvalue weighted by molar-refractivity contribution is 5.89. The largest absolute Gasteiger partial charge is 0.463 e. The van der Waals surface area contributed by atoms with Crippen molar-refractivity contribution in [2.75, 3.05) is 13.2 Å². The van der Waals surface area contributed by atoms with Crippen LogP contribution in [0.15, 0.2) is 11.6 Å². The van der Waals surface area contributed by atoms with Gasteiger partial charge < -0.3 is 40.0 Å². The minimum atomic E-state index is -1.56. The molecule has 2 rings (SSSR count). The first kappa shape index (κ1) is 27.6. The van der Waals surface area contributed by atoms with Gasteiger partial charge in [-0.25, -0.2) is 4.79 Å². The van der Waals surface area contributed by atoms with Gasteiger partial charge in [-0.2, -0.15) is 0 Å². The first-order valence-electron chi connectivity index (χ1n) is 11.5. The molecule has 0 aromatic rings. The summed E-state index contributed by atoms with van der Waals surface area (Å²) in [5, 5.41) is 46.0. The van der Waals surface area contributed by atoms with Gasteiger partial charge in [0.05, 0.1) is 31.5 Å². The fourth-order valence-electron chi connectivity index (χ4n) is 4.20. The lowest BCUT2D eigenvalue weighted by Gasteiger charge is -2.44.